The molecule has 1 aliphatic heterocycles. The summed E-state index contributed by atoms with van der Waals surface area (Å²) in [6.07, 6.45) is 5.08. The fraction of sp³-hybridized carbons (Fsp3) is 0.500. The highest BCUT2D eigenvalue weighted by Gasteiger charge is 2.26. The zero-order valence-electron chi connectivity index (χ0n) is 14.7. The second kappa shape index (κ2) is 7.47. The molecular formula is C16H23N7O2. The molecule has 0 spiro atoms. The molecule has 1 N–H and O–H groups in total. The van der Waals surface area contributed by atoms with Gasteiger partial charge in [0.25, 0.3) is 0 Å². The zero-order valence-corrected chi connectivity index (χ0v) is 14.7. The Hall–Kier alpha value is -2.68. The molecule has 0 saturated carbocycles. The van der Waals surface area contributed by atoms with E-state index in [1.54, 1.807) is 22.0 Å². The van der Waals surface area contributed by atoms with Gasteiger partial charge in [-0.15, -0.1) is 0 Å². The van der Waals surface area contributed by atoms with Crippen molar-refractivity contribution in [1.29, 1.82) is 0 Å². The van der Waals surface area contributed by atoms with E-state index in [1.165, 1.54) is 0 Å². The van der Waals surface area contributed by atoms with E-state index >= 15 is 0 Å². The topological polar surface area (TPSA) is 88.4 Å². The van der Waals surface area contributed by atoms with E-state index in [-0.39, 0.29) is 12.1 Å². The van der Waals surface area contributed by atoms with Gasteiger partial charge in [0.05, 0.1) is 25.0 Å². The number of anilines is 1. The van der Waals surface area contributed by atoms with Crippen molar-refractivity contribution in [2.75, 3.05) is 38.7 Å². The highest BCUT2D eigenvalue weighted by atomic mass is 16.5. The number of aryl methyl sites for hydroxylation is 1. The molecule has 3 rings (SSSR count). The van der Waals surface area contributed by atoms with Gasteiger partial charge in [0.15, 0.2) is 0 Å². The first-order chi connectivity index (χ1) is 12.0. The lowest BCUT2D eigenvalue weighted by Crippen LogP contribution is -2.47. The molecule has 2 aromatic rings. The van der Waals surface area contributed by atoms with Crippen LogP contribution in [0.2, 0.25) is 0 Å². The maximum Gasteiger partial charge on any atom is 0.317 e. The molecule has 9 nitrogen and oxygen atoms in total. The van der Waals surface area contributed by atoms with Crippen molar-refractivity contribution in [3.8, 4) is 0 Å². The Morgan fingerprint density at radius 1 is 1.48 bits per heavy atom. The van der Waals surface area contributed by atoms with Gasteiger partial charge in [-0.25, -0.2) is 14.8 Å². The largest absolute Gasteiger partial charge is 0.368 e. The van der Waals surface area contributed by atoms with Gasteiger partial charge in [-0.2, -0.15) is 5.10 Å². The fourth-order valence-electron chi connectivity index (χ4n) is 2.62. The maximum absolute atomic E-state index is 12.4. The van der Waals surface area contributed by atoms with Crippen LogP contribution in [0.1, 0.15) is 17.4 Å². The third-order valence-electron chi connectivity index (χ3n) is 3.95. The Morgan fingerprint density at radius 3 is 3.04 bits per heavy atom. The number of amides is 2. The van der Waals surface area contributed by atoms with Gasteiger partial charge in [-0.3, -0.25) is 4.68 Å². The summed E-state index contributed by atoms with van der Waals surface area (Å²) in [5.41, 5.74) is 1.75. The second-order valence-corrected chi connectivity index (χ2v) is 6.16. The molecule has 1 atom stereocenters. The summed E-state index contributed by atoms with van der Waals surface area (Å²) < 4.78 is 7.51. The molecule has 0 bridgehead atoms. The Morgan fingerprint density at radius 2 is 2.32 bits per heavy atom. The van der Waals surface area contributed by atoms with E-state index in [0.29, 0.717) is 32.2 Å². The molecule has 25 heavy (non-hydrogen) atoms. The number of ether oxygens (including phenoxy) is 1. The molecule has 0 aromatic carbocycles. The van der Waals surface area contributed by atoms with Crippen LogP contribution in [0.15, 0.2) is 24.7 Å². The van der Waals surface area contributed by atoms with Gasteiger partial charge in [0.1, 0.15) is 6.10 Å². The lowest BCUT2D eigenvalue weighted by molar-refractivity contribution is -0.0176. The number of nitrogens with one attached hydrogen (secondary N) is 1. The van der Waals surface area contributed by atoms with Gasteiger partial charge in [0.2, 0.25) is 5.95 Å². The highest BCUT2D eigenvalue weighted by molar-refractivity contribution is 5.74. The number of morpholine rings is 1. The third-order valence-corrected chi connectivity index (χ3v) is 3.95. The van der Waals surface area contributed by atoms with Crippen molar-refractivity contribution in [1.82, 2.24) is 30.0 Å². The Balaban J connectivity index is 1.60. The minimum atomic E-state index is -0.250. The van der Waals surface area contributed by atoms with Crippen LogP contribution in [0.25, 0.3) is 0 Å². The molecule has 1 fully saturated rings. The molecule has 0 unspecified atom stereocenters. The summed E-state index contributed by atoms with van der Waals surface area (Å²) in [6.45, 7) is 1.95. The number of carbonyl (C=O) groups is 1. The standard InChI is InChI=1S/C16H23N7O2/c1-21(2)15-17-5-4-13(20-15)14-11-23(6-7-25-14)16(24)18-8-12-9-19-22(3)10-12/h4-5,9-10,14H,6-8,11H2,1-3H3,(H,18,24)/t14-/m0/s1. The maximum atomic E-state index is 12.4. The lowest BCUT2D eigenvalue weighted by Gasteiger charge is -2.32. The van der Waals surface area contributed by atoms with Crippen molar-refractivity contribution in [3.63, 3.8) is 0 Å². The number of hydrogen-bond acceptors (Lipinski definition) is 6. The summed E-state index contributed by atoms with van der Waals surface area (Å²) in [4.78, 5) is 24.7. The molecule has 3 heterocycles. The summed E-state index contributed by atoms with van der Waals surface area (Å²) in [5, 5.41) is 7.02. The molecule has 134 valence electrons. The van der Waals surface area contributed by atoms with E-state index < -0.39 is 0 Å². The molecule has 0 aliphatic carbocycles. The first-order valence-electron chi connectivity index (χ1n) is 8.15. The van der Waals surface area contributed by atoms with E-state index in [1.807, 2.05) is 38.3 Å². The van der Waals surface area contributed by atoms with Crippen molar-refractivity contribution in [3.05, 3.63) is 35.9 Å². The van der Waals surface area contributed by atoms with Crippen molar-refractivity contribution >= 4 is 12.0 Å². The molecule has 1 saturated heterocycles. The number of aromatic nitrogens is 4. The van der Waals surface area contributed by atoms with Crippen molar-refractivity contribution in [2.45, 2.75) is 12.6 Å². The quantitative estimate of drug-likeness (QED) is 0.871. The minimum absolute atomic E-state index is 0.112. The average Bonchev–Trinajstić information content (AvgIpc) is 3.05. The first kappa shape index (κ1) is 17.2. The monoisotopic (exact) mass is 345 g/mol. The Bertz CT molecular complexity index is 731. The fourth-order valence-corrected chi connectivity index (χ4v) is 2.62. The smallest absolute Gasteiger partial charge is 0.317 e. The van der Waals surface area contributed by atoms with Crippen molar-refractivity contribution < 1.29 is 9.53 Å². The van der Waals surface area contributed by atoms with Gasteiger partial charge in [-0.05, 0) is 6.07 Å². The summed E-state index contributed by atoms with van der Waals surface area (Å²) >= 11 is 0. The summed E-state index contributed by atoms with van der Waals surface area (Å²) in [7, 11) is 5.62. The van der Waals surface area contributed by atoms with E-state index in [2.05, 4.69) is 20.4 Å². The van der Waals surface area contributed by atoms with Crippen LogP contribution in [0.5, 0.6) is 0 Å². The second-order valence-electron chi connectivity index (χ2n) is 6.16. The van der Waals surface area contributed by atoms with E-state index in [0.717, 1.165) is 11.3 Å². The molecule has 1 aliphatic rings. The van der Waals surface area contributed by atoms with E-state index in [4.69, 9.17) is 4.74 Å². The molecule has 9 heteroatoms. The van der Waals surface area contributed by atoms with Crippen LogP contribution < -0.4 is 10.2 Å². The van der Waals surface area contributed by atoms with E-state index in [9.17, 15) is 4.79 Å². The third kappa shape index (κ3) is 4.24. The van der Waals surface area contributed by atoms with Gasteiger partial charge in [-0.1, -0.05) is 0 Å². The SMILES string of the molecule is CN(C)c1nccc([C@@H]2CN(C(=O)NCc3cnn(C)c3)CCO2)n1. The van der Waals surface area contributed by atoms with Crippen LogP contribution in [-0.2, 0) is 18.3 Å². The van der Waals surface area contributed by atoms with Crippen LogP contribution in [0.4, 0.5) is 10.7 Å². The summed E-state index contributed by atoms with van der Waals surface area (Å²) in [6, 6.07) is 1.72. The normalized spacial score (nSPS) is 17.4. The number of nitrogens with zero attached hydrogens (tertiary/aromatic N) is 6. The highest BCUT2D eigenvalue weighted by Crippen LogP contribution is 2.21. The Labute approximate surface area is 146 Å². The minimum Gasteiger partial charge on any atom is -0.368 e. The predicted molar refractivity (Wildman–Crippen MR) is 92.1 cm³/mol. The van der Waals surface area contributed by atoms with Crippen LogP contribution in [0, 0.1) is 0 Å². The zero-order chi connectivity index (χ0) is 17.8. The van der Waals surface area contributed by atoms with Gasteiger partial charge in [0, 0.05) is 52.2 Å². The molecule has 2 amide bonds. The summed E-state index contributed by atoms with van der Waals surface area (Å²) in [5.74, 6) is 0.624. The number of carbonyl (C=O) groups excluding carboxylic acids is 1. The number of urea groups is 1. The molecule has 0 radical (unpaired) electrons. The number of hydrogen-bond donors (Lipinski definition) is 1. The van der Waals surface area contributed by atoms with Gasteiger partial charge >= 0.3 is 6.03 Å². The van der Waals surface area contributed by atoms with Crippen LogP contribution in [-0.4, -0.2) is 64.5 Å². The average molecular weight is 345 g/mol. The molecule has 2 aromatic heterocycles. The van der Waals surface area contributed by atoms with Gasteiger partial charge < -0.3 is 19.9 Å². The number of rotatable bonds is 4. The van der Waals surface area contributed by atoms with Crippen molar-refractivity contribution in [2.24, 2.45) is 7.05 Å². The van der Waals surface area contributed by atoms with Crippen LogP contribution in [0.3, 0.4) is 0 Å². The molecular weight excluding hydrogens is 322 g/mol. The first-order valence-corrected chi connectivity index (χ1v) is 8.15. The predicted octanol–water partition coefficient (Wildman–Crippen LogP) is 0.559. The Kier molecular flexibility index (Phi) is 5.13. The van der Waals surface area contributed by atoms with Crippen LogP contribution >= 0.6 is 0 Å². The lowest BCUT2D eigenvalue weighted by atomic mass is 10.2.